The standard InChI is InChI=1S/C12H15NS/c1-4-11(13-3)9-14-12-7-5-6-10(2)8-12/h1,5-8,11,13H,9H2,2-3H3. The molecule has 0 aliphatic heterocycles. The van der Waals surface area contributed by atoms with Crippen LogP contribution in [0.25, 0.3) is 0 Å². The normalized spacial score (nSPS) is 12.1. The van der Waals surface area contributed by atoms with E-state index < -0.39 is 0 Å². The highest BCUT2D eigenvalue weighted by Gasteiger charge is 2.01. The van der Waals surface area contributed by atoms with Gasteiger partial charge in [-0.15, -0.1) is 18.2 Å². The number of aryl methyl sites for hydroxylation is 1. The smallest absolute Gasteiger partial charge is 0.0779 e. The lowest BCUT2D eigenvalue weighted by atomic mass is 10.2. The molecule has 0 saturated carbocycles. The summed E-state index contributed by atoms with van der Waals surface area (Å²) in [6.07, 6.45) is 5.35. The first-order chi connectivity index (χ1) is 6.76. The van der Waals surface area contributed by atoms with Crippen molar-refractivity contribution >= 4 is 11.8 Å². The third-order valence-corrected chi connectivity index (χ3v) is 3.04. The molecule has 1 N–H and O–H groups in total. The van der Waals surface area contributed by atoms with Gasteiger partial charge in [0, 0.05) is 10.6 Å². The summed E-state index contributed by atoms with van der Waals surface area (Å²) in [5.74, 6) is 3.62. The van der Waals surface area contributed by atoms with Crippen molar-refractivity contribution in [1.29, 1.82) is 0 Å². The first-order valence-electron chi connectivity index (χ1n) is 4.59. The molecule has 0 amide bonds. The molecule has 0 aliphatic rings. The topological polar surface area (TPSA) is 12.0 Å². The Hall–Kier alpha value is -0.910. The maximum Gasteiger partial charge on any atom is 0.0779 e. The molecule has 0 spiro atoms. The van der Waals surface area contributed by atoms with E-state index in [0.717, 1.165) is 5.75 Å². The average molecular weight is 205 g/mol. The number of thioether (sulfide) groups is 1. The van der Waals surface area contributed by atoms with Gasteiger partial charge in [-0.25, -0.2) is 0 Å². The molecule has 0 heterocycles. The Morgan fingerprint density at radius 1 is 1.57 bits per heavy atom. The minimum atomic E-state index is 0.153. The van der Waals surface area contributed by atoms with Crippen LogP contribution in [0.1, 0.15) is 5.56 Å². The van der Waals surface area contributed by atoms with Crippen LogP contribution in [0, 0.1) is 19.3 Å². The fraction of sp³-hybridized carbons (Fsp3) is 0.333. The largest absolute Gasteiger partial charge is 0.306 e. The second-order valence-electron chi connectivity index (χ2n) is 3.14. The fourth-order valence-electron chi connectivity index (χ4n) is 1.10. The van der Waals surface area contributed by atoms with Crippen LogP contribution in [0.3, 0.4) is 0 Å². The minimum absolute atomic E-state index is 0.153. The zero-order valence-electron chi connectivity index (χ0n) is 8.58. The summed E-state index contributed by atoms with van der Waals surface area (Å²) in [6.45, 7) is 2.10. The summed E-state index contributed by atoms with van der Waals surface area (Å²) in [5, 5.41) is 3.08. The number of terminal acetylenes is 1. The van der Waals surface area contributed by atoms with E-state index in [2.05, 4.69) is 42.4 Å². The van der Waals surface area contributed by atoms with Gasteiger partial charge in [-0.2, -0.15) is 0 Å². The molecule has 1 aromatic carbocycles. The van der Waals surface area contributed by atoms with Crippen LogP contribution in [0.5, 0.6) is 0 Å². The zero-order chi connectivity index (χ0) is 10.4. The molecule has 0 aromatic heterocycles. The Morgan fingerprint density at radius 3 is 2.93 bits per heavy atom. The molecular formula is C12H15NS. The molecule has 2 heteroatoms. The molecule has 1 nitrogen and oxygen atoms in total. The average Bonchev–Trinajstić information content (AvgIpc) is 2.19. The monoisotopic (exact) mass is 205 g/mol. The van der Waals surface area contributed by atoms with Gasteiger partial charge in [-0.3, -0.25) is 0 Å². The lowest BCUT2D eigenvalue weighted by molar-refractivity contribution is 0.759. The number of benzene rings is 1. The van der Waals surface area contributed by atoms with Gasteiger partial charge in [-0.1, -0.05) is 23.6 Å². The van der Waals surface area contributed by atoms with Gasteiger partial charge >= 0.3 is 0 Å². The van der Waals surface area contributed by atoms with Crippen LogP contribution in [0.2, 0.25) is 0 Å². The van der Waals surface area contributed by atoms with E-state index in [9.17, 15) is 0 Å². The van der Waals surface area contributed by atoms with Crippen LogP contribution < -0.4 is 5.32 Å². The second kappa shape index (κ2) is 5.74. The number of nitrogens with one attached hydrogen (secondary N) is 1. The molecular weight excluding hydrogens is 190 g/mol. The predicted molar refractivity (Wildman–Crippen MR) is 63.6 cm³/mol. The SMILES string of the molecule is C#CC(CSc1cccc(C)c1)NC. The maximum absolute atomic E-state index is 5.35. The lowest BCUT2D eigenvalue weighted by Crippen LogP contribution is -2.25. The van der Waals surface area contributed by atoms with E-state index in [4.69, 9.17) is 6.42 Å². The van der Waals surface area contributed by atoms with Crippen LogP contribution in [-0.4, -0.2) is 18.8 Å². The highest BCUT2D eigenvalue weighted by atomic mass is 32.2. The summed E-state index contributed by atoms with van der Waals surface area (Å²) in [4.78, 5) is 1.28. The highest BCUT2D eigenvalue weighted by Crippen LogP contribution is 2.19. The molecule has 1 atom stereocenters. The summed E-state index contributed by atoms with van der Waals surface area (Å²) < 4.78 is 0. The van der Waals surface area contributed by atoms with Gasteiger partial charge in [0.25, 0.3) is 0 Å². The molecule has 14 heavy (non-hydrogen) atoms. The third-order valence-electron chi connectivity index (χ3n) is 1.96. The minimum Gasteiger partial charge on any atom is -0.306 e. The Kier molecular flexibility index (Phi) is 4.58. The number of hydrogen-bond acceptors (Lipinski definition) is 2. The van der Waals surface area contributed by atoms with Crippen molar-refractivity contribution in [2.24, 2.45) is 0 Å². The van der Waals surface area contributed by atoms with Crippen molar-refractivity contribution in [2.75, 3.05) is 12.8 Å². The van der Waals surface area contributed by atoms with Crippen molar-refractivity contribution in [3.05, 3.63) is 29.8 Å². The molecule has 1 unspecified atom stereocenters. The molecule has 1 rings (SSSR count). The van der Waals surface area contributed by atoms with E-state index in [0.29, 0.717) is 0 Å². The first kappa shape index (κ1) is 11.2. The Balaban J connectivity index is 2.50. The van der Waals surface area contributed by atoms with Crippen LogP contribution in [0.15, 0.2) is 29.2 Å². The van der Waals surface area contributed by atoms with Crippen LogP contribution in [0.4, 0.5) is 0 Å². The molecule has 0 aliphatic carbocycles. The Labute approximate surface area is 90.3 Å². The van der Waals surface area contributed by atoms with Gasteiger partial charge in [-0.05, 0) is 26.1 Å². The van der Waals surface area contributed by atoms with Crippen molar-refractivity contribution < 1.29 is 0 Å². The van der Waals surface area contributed by atoms with Crippen molar-refractivity contribution in [3.8, 4) is 12.3 Å². The molecule has 74 valence electrons. The number of hydrogen-bond donors (Lipinski definition) is 1. The fourth-order valence-corrected chi connectivity index (χ4v) is 2.17. The third kappa shape index (κ3) is 3.45. The maximum atomic E-state index is 5.35. The summed E-state index contributed by atoms with van der Waals surface area (Å²) >= 11 is 1.79. The zero-order valence-corrected chi connectivity index (χ0v) is 9.40. The van der Waals surface area contributed by atoms with Gasteiger partial charge < -0.3 is 5.32 Å². The molecule has 0 radical (unpaired) electrons. The van der Waals surface area contributed by atoms with Crippen LogP contribution >= 0.6 is 11.8 Å². The van der Waals surface area contributed by atoms with Crippen LogP contribution in [-0.2, 0) is 0 Å². The van der Waals surface area contributed by atoms with Gasteiger partial charge in [0.05, 0.1) is 6.04 Å². The number of rotatable bonds is 4. The predicted octanol–water partition coefficient (Wildman–Crippen LogP) is 2.31. The summed E-state index contributed by atoms with van der Waals surface area (Å²) in [7, 11) is 1.89. The Morgan fingerprint density at radius 2 is 2.36 bits per heavy atom. The van der Waals surface area contributed by atoms with E-state index in [1.165, 1.54) is 10.5 Å². The Bertz CT molecular complexity index is 327. The van der Waals surface area contributed by atoms with E-state index in [1.807, 2.05) is 7.05 Å². The summed E-state index contributed by atoms with van der Waals surface area (Å²) in [5.41, 5.74) is 1.29. The van der Waals surface area contributed by atoms with Gasteiger partial charge in [0.1, 0.15) is 0 Å². The second-order valence-corrected chi connectivity index (χ2v) is 4.23. The molecule has 1 aromatic rings. The lowest BCUT2D eigenvalue weighted by Gasteiger charge is -2.08. The highest BCUT2D eigenvalue weighted by molar-refractivity contribution is 7.99. The van der Waals surface area contributed by atoms with E-state index >= 15 is 0 Å². The van der Waals surface area contributed by atoms with Gasteiger partial charge in [0.15, 0.2) is 0 Å². The van der Waals surface area contributed by atoms with Crippen molar-refractivity contribution in [2.45, 2.75) is 17.9 Å². The van der Waals surface area contributed by atoms with E-state index in [1.54, 1.807) is 11.8 Å². The summed E-state index contributed by atoms with van der Waals surface area (Å²) in [6, 6.07) is 8.61. The first-order valence-corrected chi connectivity index (χ1v) is 5.57. The van der Waals surface area contributed by atoms with Crippen molar-refractivity contribution in [3.63, 3.8) is 0 Å². The molecule has 0 bridgehead atoms. The molecule has 0 fully saturated rings. The van der Waals surface area contributed by atoms with E-state index in [-0.39, 0.29) is 6.04 Å². The van der Waals surface area contributed by atoms with Crippen molar-refractivity contribution in [1.82, 2.24) is 5.32 Å². The van der Waals surface area contributed by atoms with Gasteiger partial charge in [0.2, 0.25) is 0 Å². The quantitative estimate of drug-likeness (QED) is 0.598. The molecule has 0 saturated heterocycles.